The Morgan fingerprint density at radius 1 is 1.08 bits per heavy atom. The number of rotatable bonds is 9. The average molecular weight is 361 g/mol. The van der Waals surface area contributed by atoms with Crippen LogP contribution in [0.2, 0.25) is 0 Å². The van der Waals surface area contributed by atoms with E-state index in [0.717, 1.165) is 38.4 Å². The van der Waals surface area contributed by atoms with Crippen LogP contribution >= 0.6 is 0 Å². The molecule has 1 saturated heterocycles. The van der Waals surface area contributed by atoms with Crippen molar-refractivity contribution in [3.05, 3.63) is 35.9 Å². The molecule has 1 fully saturated rings. The Balaban J connectivity index is 1.80. The highest BCUT2D eigenvalue weighted by atomic mass is 16.5. The maximum Gasteiger partial charge on any atom is 0.224 e. The Morgan fingerprint density at radius 3 is 2.38 bits per heavy atom. The fourth-order valence-electron chi connectivity index (χ4n) is 3.08. The quantitative estimate of drug-likeness (QED) is 0.671. The molecule has 0 bridgehead atoms. The van der Waals surface area contributed by atoms with Crippen LogP contribution in [0.4, 0.5) is 0 Å². The zero-order valence-corrected chi connectivity index (χ0v) is 16.0. The van der Waals surface area contributed by atoms with Crippen molar-refractivity contribution in [1.29, 1.82) is 0 Å². The van der Waals surface area contributed by atoms with E-state index in [4.69, 9.17) is 4.74 Å². The number of nitrogens with zero attached hydrogens (tertiary/aromatic N) is 3. The van der Waals surface area contributed by atoms with Crippen molar-refractivity contribution in [2.24, 2.45) is 0 Å². The fourth-order valence-corrected chi connectivity index (χ4v) is 3.08. The summed E-state index contributed by atoms with van der Waals surface area (Å²) in [6.45, 7) is 10.1. The molecular weight excluding hydrogens is 330 g/mol. The highest BCUT2D eigenvalue weighted by molar-refractivity contribution is 5.78. The van der Waals surface area contributed by atoms with Crippen molar-refractivity contribution in [2.75, 3.05) is 52.5 Å². The molecule has 26 heavy (non-hydrogen) atoms. The molecule has 6 nitrogen and oxygen atoms in total. The van der Waals surface area contributed by atoms with Gasteiger partial charge in [0, 0.05) is 59.2 Å². The number of carbonyl (C=O) groups excluding carboxylic acids is 2. The maximum absolute atomic E-state index is 12.6. The highest BCUT2D eigenvalue weighted by Crippen LogP contribution is 2.07. The molecule has 0 unspecified atom stereocenters. The smallest absolute Gasteiger partial charge is 0.224 e. The number of benzene rings is 1. The molecule has 144 valence electrons. The van der Waals surface area contributed by atoms with E-state index < -0.39 is 0 Å². The number of morpholine rings is 1. The summed E-state index contributed by atoms with van der Waals surface area (Å²) in [6.07, 6.45) is 0.364. The molecule has 0 radical (unpaired) electrons. The third-order valence-electron chi connectivity index (χ3n) is 4.78. The van der Waals surface area contributed by atoms with Gasteiger partial charge in [0.1, 0.15) is 0 Å². The second kappa shape index (κ2) is 10.9. The third-order valence-corrected chi connectivity index (χ3v) is 4.78. The van der Waals surface area contributed by atoms with Crippen molar-refractivity contribution in [3.8, 4) is 0 Å². The minimum Gasteiger partial charge on any atom is -0.379 e. The second-order valence-electron chi connectivity index (χ2n) is 6.60. The van der Waals surface area contributed by atoms with Gasteiger partial charge in [-0.15, -0.1) is 0 Å². The van der Waals surface area contributed by atoms with Crippen LogP contribution in [0.3, 0.4) is 0 Å². The van der Waals surface area contributed by atoms with Crippen LogP contribution in [-0.4, -0.2) is 79.0 Å². The van der Waals surface area contributed by atoms with Crippen molar-refractivity contribution in [1.82, 2.24) is 14.7 Å². The molecule has 2 rings (SSSR count). The third kappa shape index (κ3) is 6.77. The van der Waals surface area contributed by atoms with E-state index in [1.807, 2.05) is 42.2 Å². The first-order chi connectivity index (χ1) is 12.6. The van der Waals surface area contributed by atoms with E-state index in [1.54, 1.807) is 11.8 Å². The van der Waals surface area contributed by atoms with Gasteiger partial charge < -0.3 is 14.5 Å². The molecule has 0 aromatic heterocycles. The molecule has 0 saturated carbocycles. The van der Waals surface area contributed by atoms with Gasteiger partial charge in [-0.2, -0.15) is 0 Å². The van der Waals surface area contributed by atoms with Gasteiger partial charge in [-0.3, -0.25) is 14.5 Å². The fraction of sp³-hybridized carbons (Fsp3) is 0.600. The standard InChI is InChI=1S/C20H31N3O3/c1-3-22(17-19-7-5-4-6-8-19)20(25)9-10-23(18(2)24)12-11-21-13-15-26-16-14-21/h4-8H,3,9-17H2,1-2H3. The van der Waals surface area contributed by atoms with Crippen molar-refractivity contribution >= 4 is 11.8 Å². The second-order valence-corrected chi connectivity index (χ2v) is 6.60. The van der Waals surface area contributed by atoms with E-state index in [-0.39, 0.29) is 11.8 Å². The van der Waals surface area contributed by atoms with Crippen LogP contribution in [0.25, 0.3) is 0 Å². The van der Waals surface area contributed by atoms with Gasteiger partial charge in [0.2, 0.25) is 11.8 Å². The van der Waals surface area contributed by atoms with Crippen molar-refractivity contribution < 1.29 is 14.3 Å². The molecule has 1 aliphatic heterocycles. The monoisotopic (exact) mass is 361 g/mol. The van der Waals surface area contributed by atoms with Crippen LogP contribution in [0.5, 0.6) is 0 Å². The zero-order chi connectivity index (χ0) is 18.8. The minimum absolute atomic E-state index is 0.0252. The normalized spacial score (nSPS) is 14.8. The highest BCUT2D eigenvalue weighted by Gasteiger charge is 2.17. The SMILES string of the molecule is CCN(Cc1ccccc1)C(=O)CCN(CCN1CCOCC1)C(C)=O. The van der Waals surface area contributed by atoms with Crippen molar-refractivity contribution in [2.45, 2.75) is 26.8 Å². The minimum atomic E-state index is 0.0252. The Kier molecular flexibility index (Phi) is 8.58. The number of ether oxygens (including phenoxy) is 1. The van der Waals surface area contributed by atoms with Gasteiger partial charge in [0.25, 0.3) is 0 Å². The van der Waals surface area contributed by atoms with Crippen molar-refractivity contribution in [3.63, 3.8) is 0 Å². The van der Waals surface area contributed by atoms with Crippen LogP contribution in [-0.2, 0) is 20.9 Å². The van der Waals surface area contributed by atoms with Crippen LogP contribution in [0.1, 0.15) is 25.8 Å². The Morgan fingerprint density at radius 2 is 1.77 bits per heavy atom. The number of hydrogen-bond donors (Lipinski definition) is 0. The van der Waals surface area contributed by atoms with Crippen LogP contribution in [0, 0.1) is 0 Å². The molecule has 6 heteroatoms. The van der Waals surface area contributed by atoms with E-state index >= 15 is 0 Å². The van der Waals surface area contributed by atoms with Gasteiger partial charge in [-0.05, 0) is 12.5 Å². The van der Waals surface area contributed by atoms with E-state index in [9.17, 15) is 9.59 Å². The lowest BCUT2D eigenvalue weighted by Gasteiger charge is -2.30. The predicted molar refractivity (Wildman–Crippen MR) is 102 cm³/mol. The first-order valence-corrected chi connectivity index (χ1v) is 9.47. The molecule has 0 atom stereocenters. The molecule has 1 aliphatic rings. The van der Waals surface area contributed by atoms with Gasteiger partial charge >= 0.3 is 0 Å². The van der Waals surface area contributed by atoms with Gasteiger partial charge in [-0.1, -0.05) is 30.3 Å². The Hall–Kier alpha value is -1.92. The summed E-state index contributed by atoms with van der Waals surface area (Å²) in [5.74, 6) is 0.117. The summed E-state index contributed by atoms with van der Waals surface area (Å²) in [4.78, 5) is 30.4. The molecular formula is C20H31N3O3. The first kappa shape index (κ1) is 20.4. The molecule has 1 aromatic carbocycles. The van der Waals surface area contributed by atoms with Crippen LogP contribution < -0.4 is 0 Å². The lowest BCUT2D eigenvalue weighted by molar-refractivity contribution is -0.133. The van der Waals surface area contributed by atoms with Gasteiger partial charge in [0.05, 0.1) is 13.2 Å². The maximum atomic E-state index is 12.6. The summed E-state index contributed by atoms with van der Waals surface area (Å²) in [5.41, 5.74) is 1.12. The molecule has 0 spiro atoms. The van der Waals surface area contributed by atoms with E-state index in [1.165, 1.54) is 0 Å². The molecule has 0 aliphatic carbocycles. The van der Waals surface area contributed by atoms with E-state index in [2.05, 4.69) is 4.90 Å². The van der Waals surface area contributed by atoms with Crippen LogP contribution in [0.15, 0.2) is 30.3 Å². The largest absolute Gasteiger partial charge is 0.379 e. The topological polar surface area (TPSA) is 53.1 Å². The Bertz CT molecular complexity index is 559. The van der Waals surface area contributed by atoms with Gasteiger partial charge in [-0.25, -0.2) is 0 Å². The number of amides is 2. The Labute approximate surface area is 156 Å². The lowest BCUT2D eigenvalue weighted by Crippen LogP contribution is -2.43. The summed E-state index contributed by atoms with van der Waals surface area (Å²) in [6, 6.07) is 9.99. The summed E-state index contributed by atoms with van der Waals surface area (Å²) in [7, 11) is 0. The summed E-state index contributed by atoms with van der Waals surface area (Å²) < 4.78 is 5.35. The summed E-state index contributed by atoms with van der Waals surface area (Å²) >= 11 is 0. The van der Waals surface area contributed by atoms with E-state index in [0.29, 0.717) is 32.6 Å². The molecule has 1 heterocycles. The van der Waals surface area contributed by atoms with Gasteiger partial charge in [0.15, 0.2) is 0 Å². The lowest BCUT2D eigenvalue weighted by atomic mass is 10.2. The number of hydrogen-bond acceptors (Lipinski definition) is 4. The number of carbonyl (C=O) groups is 2. The summed E-state index contributed by atoms with van der Waals surface area (Å²) in [5, 5.41) is 0. The first-order valence-electron chi connectivity index (χ1n) is 9.47. The molecule has 1 aromatic rings. The zero-order valence-electron chi connectivity index (χ0n) is 16.0. The molecule has 0 N–H and O–H groups in total. The predicted octanol–water partition coefficient (Wildman–Crippen LogP) is 1.61. The average Bonchev–Trinajstić information content (AvgIpc) is 2.67. The molecule has 2 amide bonds.